The molecule has 0 aliphatic rings. The van der Waals surface area contributed by atoms with Gasteiger partial charge in [0.1, 0.15) is 0 Å². The second-order valence-electron chi connectivity index (χ2n) is 19.3. The average molecular weight is 1060 g/mol. The molecule has 12 aromatic rings. The van der Waals surface area contributed by atoms with Gasteiger partial charge >= 0.3 is 6.18 Å². The Bertz CT molecular complexity index is 4760. The lowest BCUT2D eigenvalue weighted by atomic mass is 9.97. The molecule has 14 heteroatoms. The molecule has 0 N–H and O–H groups in total. The van der Waals surface area contributed by atoms with E-state index in [0.717, 1.165) is 22.9 Å². The predicted octanol–water partition coefficient (Wildman–Crippen LogP) is 15.6. The standard InChI is InChI=1S/C68H30F3N11/c69-68(70,71)55-5-6-56(67(29-55)82-64-9-3-49(53-21-43(34-76)15-44(22-53)35-77)27-59(64)60-28-50(4-10-65(60)82)54-23-45(36-78)16-46(24-54)37-79)61-38-80-12-11-66(61)81-62-7-1-47(51-17-39(30-72)13-40(18-51)31-73)25-57(62)58-26-48(2-8-63(58)81)52-19-41(32-74)14-42(20-52)33-75/h1-29,38H. The van der Waals surface area contributed by atoms with Gasteiger partial charge in [0.2, 0.25) is 0 Å². The zero-order valence-corrected chi connectivity index (χ0v) is 42.4. The van der Waals surface area contributed by atoms with E-state index in [4.69, 9.17) is 0 Å². The summed E-state index contributed by atoms with van der Waals surface area (Å²) in [5, 5.41) is 82.0. The van der Waals surface area contributed by atoms with Crippen molar-refractivity contribution in [1.82, 2.24) is 14.1 Å². The number of nitriles is 8. The third-order valence-corrected chi connectivity index (χ3v) is 14.5. The Kier molecular flexibility index (Phi) is 12.1. The van der Waals surface area contributed by atoms with Crippen molar-refractivity contribution in [3.05, 3.63) is 232 Å². The molecule has 0 unspecified atom stereocenters. The van der Waals surface area contributed by atoms with Crippen LogP contribution in [0, 0.1) is 90.6 Å². The molecular formula is C68H30F3N11. The van der Waals surface area contributed by atoms with E-state index in [1.165, 1.54) is 30.3 Å². The average Bonchev–Trinajstić information content (AvgIpc) is 4.14. The summed E-state index contributed by atoms with van der Waals surface area (Å²) in [6.07, 6.45) is -1.59. The number of aromatic nitrogens is 3. The molecule has 0 saturated carbocycles. The normalized spacial score (nSPS) is 11.0. The molecule has 3 heterocycles. The highest BCUT2D eigenvalue weighted by Gasteiger charge is 2.33. The van der Waals surface area contributed by atoms with Gasteiger partial charge in [-0.1, -0.05) is 30.3 Å². The second-order valence-corrected chi connectivity index (χ2v) is 19.3. The summed E-state index contributed by atoms with van der Waals surface area (Å²) in [5.41, 5.74) is 10.1. The van der Waals surface area contributed by atoms with E-state index < -0.39 is 11.7 Å². The molecule has 11 nitrogen and oxygen atoms in total. The van der Waals surface area contributed by atoms with E-state index in [0.29, 0.717) is 116 Å². The van der Waals surface area contributed by atoms with Gasteiger partial charge in [0.15, 0.2) is 0 Å². The second kappa shape index (κ2) is 19.8. The number of halogens is 3. The number of nitrogens with zero attached hydrogens (tertiary/aromatic N) is 11. The minimum Gasteiger partial charge on any atom is -0.309 e. The summed E-state index contributed by atoms with van der Waals surface area (Å²) >= 11 is 0. The molecule has 12 rings (SSSR count). The smallest absolute Gasteiger partial charge is 0.309 e. The Balaban J connectivity index is 1.14. The number of hydrogen-bond donors (Lipinski definition) is 0. The number of fused-ring (bicyclic) bond motifs is 6. The van der Waals surface area contributed by atoms with Crippen molar-refractivity contribution in [1.29, 1.82) is 42.1 Å². The summed E-state index contributed by atoms with van der Waals surface area (Å²) in [4.78, 5) is 4.59. The Hall–Kier alpha value is -12.6. The Morgan fingerprint density at radius 3 is 0.902 bits per heavy atom. The summed E-state index contributed by atoms with van der Waals surface area (Å²) in [6.45, 7) is 0. The highest BCUT2D eigenvalue weighted by Crippen LogP contribution is 2.45. The van der Waals surface area contributed by atoms with Gasteiger partial charge < -0.3 is 9.13 Å². The van der Waals surface area contributed by atoms with E-state index in [1.807, 2.05) is 53.1 Å². The molecule has 9 aromatic carbocycles. The van der Waals surface area contributed by atoms with Crippen molar-refractivity contribution in [2.24, 2.45) is 0 Å². The minimum absolute atomic E-state index is 0.141. The van der Waals surface area contributed by atoms with Gasteiger partial charge in [-0.3, -0.25) is 4.98 Å². The SMILES string of the molecule is N#Cc1cc(C#N)cc(-c2ccc3c(c2)c2cc(-c4cc(C#N)cc(C#N)c4)ccc2n3-c2ccncc2-c2ccc(C(F)(F)F)cc2-n2c3ccc(-c4cc(C#N)cc(C#N)c4)cc3c3cc(-c4cc(C#N)cc(C#N)c4)ccc32)c1. The monoisotopic (exact) mass is 1060 g/mol. The topological polar surface area (TPSA) is 213 Å². The van der Waals surface area contributed by atoms with Gasteiger partial charge in [-0.25, -0.2) is 0 Å². The van der Waals surface area contributed by atoms with Crippen LogP contribution in [-0.4, -0.2) is 14.1 Å². The molecule has 0 amide bonds. The number of rotatable bonds is 7. The van der Waals surface area contributed by atoms with E-state index >= 15 is 13.2 Å². The fourth-order valence-electron chi connectivity index (χ4n) is 10.9. The number of alkyl halides is 3. The fourth-order valence-corrected chi connectivity index (χ4v) is 10.9. The van der Waals surface area contributed by atoms with Crippen LogP contribution >= 0.6 is 0 Å². The van der Waals surface area contributed by atoms with E-state index in [2.05, 4.69) is 53.5 Å². The molecule has 378 valence electrons. The highest BCUT2D eigenvalue weighted by atomic mass is 19.4. The van der Waals surface area contributed by atoms with Gasteiger partial charge in [-0.05, 0) is 184 Å². The summed E-state index contributed by atoms with van der Waals surface area (Å²) in [5.74, 6) is 0. The van der Waals surface area contributed by atoms with Crippen LogP contribution < -0.4 is 0 Å². The Morgan fingerprint density at radius 2 is 0.610 bits per heavy atom. The number of pyridine rings is 1. The van der Waals surface area contributed by atoms with Crippen molar-refractivity contribution in [3.8, 4) is 116 Å². The van der Waals surface area contributed by atoms with Gasteiger partial charge in [-0.2, -0.15) is 55.3 Å². The van der Waals surface area contributed by atoms with Crippen molar-refractivity contribution in [3.63, 3.8) is 0 Å². The van der Waals surface area contributed by atoms with Crippen LogP contribution in [0.4, 0.5) is 13.2 Å². The van der Waals surface area contributed by atoms with E-state index in [-0.39, 0.29) is 27.9 Å². The minimum atomic E-state index is -4.79. The van der Waals surface area contributed by atoms with Crippen molar-refractivity contribution >= 4 is 43.6 Å². The molecule has 0 atom stereocenters. The zero-order chi connectivity index (χ0) is 57.0. The first-order chi connectivity index (χ1) is 39.8. The maximum atomic E-state index is 15.3. The van der Waals surface area contributed by atoms with Gasteiger partial charge in [0.05, 0.1) is 132 Å². The molecule has 0 bridgehead atoms. The first-order valence-corrected chi connectivity index (χ1v) is 25.0. The third-order valence-electron chi connectivity index (χ3n) is 14.5. The quantitative estimate of drug-likeness (QED) is 0.148. The van der Waals surface area contributed by atoms with Crippen molar-refractivity contribution in [2.45, 2.75) is 6.18 Å². The fraction of sp³-hybridized carbons (Fsp3) is 0.0147. The van der Waals surface area contributed by atoms with Gasteiger partial charge in [0, 0.05) is 45.1 Å². The Labute approximate surface area is 465 Å². The lowest BCUT2D eigenvalue weighted by Gasteiger charge is -2.20. The molecule has 3 aromatic heterocycles. The lowest BCUT2D eigenvalue weighted by molar-refractivity contribution is -0.137. The largest absolute Gasteiger partial charge is 0.416 e. The summed E-state index contributed by atoms with van der Waals surface area (Å²) < 4.78 is 49.5. The molecule has 0 radical (unpaired) electrons. The van der Waals surface area contributed by atoms with Crippen LogP contribution in [0.25, 0.3) is 111 Å². The molecule has 0 spiro atoms. The highest BCUT2D eigenvalue weighted by molar-refractivity contribution is 6.14. The van der Waals surface area contributed by atoms with E-state index in [1.54, 1.807) is 95.8 Å². The Morgan fingerprint density at radius 1 is 0.305 bits per heavy atom. The van der Waals surface area contributed by atoms with Crippen molar-refractivity contribution in [2.75, 3.05) is 0 Å². The number of benzene rings is 9. The molecule has 82 heavy (non-hydrogen) atoms. The maximum Gasteiger partial charge on any atom is 0.416 e. The first-order valence-electron chi connectivity index (χ1n) is 25.0. The molecule has 0 aliphatic carbocycles. The molecule has 0 saturated heterocycles. The number of hydrogen-bond acceptors (Lipinski definition) is 9. The zero-order valence-electron chi connectivity index (χ0n) is 42.4. The third kappa shape index (κ3) is 8.66. The molecule has 0 fully saturated rings. The van der Waals surface area contributed by atoms with Crippen LogP contribution in [0.2, 0.25) is 0 Å². The van der Waals surface area contributed by atoms with Crippen LogP contribution in [-0.2, 0) is 6.18 Å². The van der Waals surface area contributed by atoms with Crippen molar-refractivity contribution < 1.29 is 13.2 Å². The maximum absolute atomic E-state index is 15.3. The van der Waals surface area contributed by atoms with Crippen LogP contribution in [0.5, 0.6) is 0 Å². The van der Waals surface area contributed by atoms with Crippen LogP contribution in [0.1, 0.15) is 50.1 Å². The molecular weight excluding hydrogens is 1030 g/mol. The predicted molar refractivity (Wildman–Crippen MR) is 303 cm³/mol. The van der Waals surface area contributed by atoms with Crippen LogP contribution in [0.3, 0.4) is 0 Å². The van der Waals surface area contributed by atoms with Crippen LogP contribution in [0.15, 0.2) is 182 Å². The van der Waals surface area contributed by atoms with Gasteiger partial charge in [-0.15, -0.1) is 0 Å². The first kappa shape index (κ1) is 50.3. The summed E-state index contributed by atoms with van der Waals surface area (Å²) in [7, 11) is 0. The lowest BCUT2D eigenvalue weighted by Crippen LogP contribution is -2.08. The van der Waals surface area contributed by atoms with Gasteiger partial charge in [0.25, 0.3) is 0 Å². The molecule has 0 aliphatic heterocycles. The summed E-state index contributed by atoms with van der Waals surface area (Å²) in [6, 6.07) is 64.0. The van der Waals surface area contributed by atoms with E-state index in [9.17, 15) is 42.1 Å².